The Morgan fingerprint density at radius 3 is 1.22 bits per heavy atom. The second-order valence-corrected chi connectivity index (χ2v) is 14.2. The summed E-state index contributed by atoms with van der Waals surface area (Å²) < 4.78 is 12.9. The van der Waals surface area contributed by atoms with Crippen LogP contribution in [-0.4, -0.2) is 44.0 Å². The van der Waals surface area contributed by atoms with Gasteiger partial charge in [0.2, 0.25) is 0 Å². The Hall–Kier alpha value is -1.16. The Morgan fingerprint density at radius 1 is 0.457 bits per heavy atom. The van der Waals surface area contributed by atoms with E-state index in [1.54, 1.807) is 0 Å². The van der Waals surface area contributed by atoms with E-state index in [9.17, 15) is 0 Å². The molecule has 1 heterocycles. The molecule has 1 saturated heterocycles. The highest BCUT2D eigenvalue weighted by Gasteiger charge is 2.29. The van der Waals surface area contributed by atoms with Crippen LogP contribution in [-0.2, 0) is 9.47 Å². The van der Waals surface area contributed by atoms with Gasteiger partial charge in [-0.05, 0) is 97.6 Å². The summed E-state index contributed by atoms with van der Waals surface area (Å²) in [7, 11) is 4.29. The number of hydrogen-bond donors (Lipinski definition) is 0. The lowest BCUT2D eigenvalue weighted by molar-refractivity contribution is -0.247. The maximum atomic E-state index is 6.45. The van der Waals surface area contributed by atoms with E-state index in [2.05, 4.69) is 81.5 Å². The van der Waals surface area contributed by atoms with Crippen LogP contribution in [0.15, 0.2) is 48.6 Å². The molecule has 0 spiro atoms. The monoisotopic (exact) mass is 642 g/mol. The Labute approximate surface area is 288 Å². The zero-order valence-corrected chi connectivity index (χ0v) is 31.4. The van der Waals surface area contributed by atoms with E-state index in [-0.39, 0.29) is 6.29 Å². The number of nitrogens with zero attached hydrogens (tertiary/aromatic N) is 1. The lowest BCUT2D eigenvalue weighted by Gasteiger charge is -2.36. The molecule has 3 unspecified atom stereocenters. The van der Waals surface area contributed by atoms with E-state index in [1.807, 2.05) is 0 Å². The predicted octanol–water partition coefficient (Wildman–Crippen LogP) is 13.5. The first kappa shape index (κ1) is 42.9. The molecule has 3 atom stereocenters. The van der Waals surface area contributed by atoms with Crippen LogP contribution in [0, 0.1) is 0 Å². The zero-order chi connectivity index (χ0) is 33.2. The van der Waals surface area contributed by atoms with Crippen LogP contribution in [0.5, 0.6) is 0 Å². The third-order valence-corrected chi connectivity index (χ3v) is 9.23. The van der Waals surface area contributed by atoms with E-state index in [0.29, 0.717) is 12.2 Å². The second kappa shape index (κ2) is 33.7. The van der Waals surface area contributed by atoms with Gasteiger partial charge in [0.15, 0.2) is 6.29 Å². The fourth-order valence-corrected chi connectivity index (χ4v) is 6.28. The summed E-state index contributed by atoms with van der Waals surface area (Å²) in [4.78, 5) is 2.24. The molecule has 0 aromatic rings. The van der Waals surface area contributed by atoms with Crippen molar-refractivity contribution in [2.75, 3.05) is 20.6 Å². The molecule has 0 aromatic carbocycles. The number of allylic oxidation sites excluding steroid dienone is 8. The average Bonchev–Trinajstić information content (AvgIpc) is 3.05. The van der Waals surface area contributed by atoms with Gasteiger partial charge in [0.1, 0.15) is 0 Å². The van der Waals surface area contributed by atoms with E-state index < -0.39 is 0 Å². The largest absolute Gasteiger partial charge is 0.349 e. The Bertz CT molecular complexity index is 739. The third-order valence-electron chi connectivity index (χ3n) is 9.23. The standard InChI is InChI=1S/C43H79NO2/c1-5-7-9-11-13-15-17-19-21-23-25-27-29-31-33-35-37-42-40-41(45-43(46-42)38-39-44(3)4)36-34-32-30-28-26-24-22-20-18-16-14-12-10-8-6-2/h13-16,19-22,41-43H,5-12,17-18,23-40H2,1-4H3/b15-13-,16-14-,21-19-,22-20-. The normalized spacial score (nSPS) is 19.3. The molecule has 1 aliphatic rings. The maximum absolute atomic E-state index is 6.45. The van der Waals surface area contributed by atoms with Crippen molar-refractivity contribution in [3.8, 4) is 0 Å². The van der Waals surface area contributed by atoms with Gasteiger partial charge in [-0.15, -0.1) is 0 Å². The first-order valence-electron chi connectivity index (χ1n) is 20.2. The molecule has 0 N–H and O–H groups in total. The van der Waals surface area contributed by atoms with Gasteiger partial charge in [-0.3, -0.25) is 0 Å². The molecule has 0 amide bonds. The van der Waals surface area contributed by atoms with Crippen molar-refractivity contribution in [2.45, 2.75) is 206 Å². The van der Waals surface area contributed by atoms with Crippen molar-refractivity contribution >= 4 is 0 Å². The van der Waals surface area contributed by atoms with E-state index in [4.69, 9.17) is 9.47 Å². The van der Waals surface area contributed by atoms with Crippen molar-refractivity contribution < 1.29 is 9.47 Å². The summed E-state index contributed by atoms with van der Waals surface area (Å²) in [5.41, 5.74) is 0. The molecule has 0 aromatic heterocycles. The first-order chi connectivity index (χ1) is 22.7. The van der Waals surface area contributed by atoms with Crippen molar-refractivity contribution in [1.29, 1.82) is 0 Å². The summed E-state index contributed by atoms with van der Waals surface area (Å²) in [6.07, 6.45) is 54.0. The second-order valence-electron chi connectivity index (χ2n) is 14.2. The molecule has 268 valence electrons. The highest BCUT2D eigenvalue weighted by atomic mass is 16.7. The number of rotatable bonds is 32. The lowest BCUT2D eigenvalue weighted by Crippen LogP contribution is -2.39. The summed E-state index contributed by atoms with van der Waals surface area (Å²) in [6, 6.07) is 0. The minimum absolute atomic E-state index is 0.0197. The number of ether oxygens (including phenoxy) is 2. The summed E-state index contributed by atoms with van der Waals surface area (Å²) in [5, 5.41) is 0. The lowest BCUT2D eigenvalue weighted by atomic mass is 9.98. The van der Waals surface area contributed by atoms with Crippen molar-refractivity contribution in [3.63, 3.8) is 0 Å². The molecule has 46 heavy (non-hydrogen) atoms. The highest BCUT2D eigenvalue weighted by molar-refractivity contribution is 4.93. The van der Waals surface area contributed by atoms with Crippen LogP contribution in [0.4, 0.5) is 0 Å². The van der Waals surface area contributed by atoms with Crippen molar-refractivity contribution in [2.24, 2.45) is 0 Å². The predicted molar refractivity (Wildman–Crippen MR) is 205 cm³/mol. The minimum atomic E-state index is -0.0197. The topological polar surface area (TPSA) is 21.7 Å². The first-order valence-corrected chi connectivity index (χ1v) is 20.2. The van der Waals surface area contributed by atoms with Gasteiger partial charge in [-0.1, -0.05) is 146 Å². The van der Waals surface area contributed by atoms with Crippen LogP contribution in [0.1, 0.15) is 187 Å². The van der Waals surface area contributed by atoms with Crippen LogP contribution >= 0.6 is 0 Å². The van der Waals surface area contributed by atoms with Crippen molar-refractivity contribution in [3.05, 3.63) is 48.6 Å². The molecule has 0 saturated carbocycles. The molecule has 1 fully saturated rings. The van der Waals surface area contributed by atoms with Gasteiger partial charge in [0.05, 0.1) is 12.2 Å². The fraction of sp³-hybridized carbons (Fsp3) is 0.814. The number of hydrogen-bond acceptors (Lipinski definition) is 3. The molecular formula is C43H79NO2. The maximum Gasteiger partial charge on any atom is 0.159 e. The van der Waals surface area contributed by atoms with E-state index in [1.165, 1.54) is 148 Å². The SMILES string of the molecule is CCCCC/C=C\C/C=C\CCCCCCCCC1CC(CCCCCCC/C=C\C/C=C\CCCCC)OC(CCN(C)C)O1. The van der Waals surface area contributed by atoms with Crippen LogP contribution in [0.3, 0.4) is 0 Å². The summed E-state index contributed by atoms with van der Waals surface area (Å²) in [5.74, 6) is 0. The number of unbranched alkanes of at least 4 members (excludes halogenated alkanes) is 17. The Balaban J connectivity index is 2.12. The van der Waals surface area contributed by atoms with Crippen molar-refractivity contribution in [1.82, 2.24) is 4.90 Å². The van der Waals surface area contributed by atoms with Gasteiger partial charge in [-0.2, -0.15) is 0 Å². The molecule has 0 bridgehead atoms. The Kier molecular flexibility index (Phi) is 31.4. The zero-order valence-electron chi connectivity index (χ0n) is 31.4. The van der Waals surface area contributed by atoms with Crippen LogP contribution in [0.2, 0.25) is 0 Å². The highest BCUT2D eigenvalue weighted by Crippen LogP contribution is 2.28. The summed E-state index contributed by atoms with van der Waals surface area (Å²) in [6.45, 7) is 5.56. The van der Waals surface area contributed by atoms with E-state index >= 15 is 0 Å². The molecule has 1 rings (SSSR count). The third kappa shape index (κ3) is 29.0. The molecule has 1 aliphatic heterocycles. The van der Waals surface area contributed by atoms with Crippen LogP contribution < -0.4 is 0 Å². The van der Waals surface area contributed by atoms with Gasteiger partial charge in [0.25, 0.3) is 0 Å². The Morgan fingerprint density at radius 2 is 0.826 bits per heavy atom. The molecule has 0 aliphatic carbocycles. The van der Waals surface area contributed by atoms with Crippen LogP contribution in [0.25, 0.3) is 0 Å². The van der Waals surface area contributed by atoms with Gasteiger partial charge < -0.3 is 14.4 Å². The smallest absolute Gasteiger partial charge is 0.159 e. The minimum Gasteiger partial charge on any atom is -0.349 e. The average molecular weight is 642 g/mol. The van der Waals surface area contributed by atoms with Gasteiger partial charge in [0, 0.05) is 13.0 Å². The summed E-state index contributed by atoms with van der Waals surface area (Å²) >= 11 is 0. The van der Waals surface area contributed by atoms with Gasteiger partial charge >= 0.3 is 0 Å². The van der Waals surface area contributed by atoms with E-state index in [0.717, 1.165) is 32.2 Å². The fourth-order valence-electron chi connectivity index (χ4n) is 6.28. The molecule has 0 radical (unpaired) electrons. The molecular weight excluding hydrogens is 562 g/mol. The quantitative estimate of drug-likeness (QED) is 0.0539. The van der Waals surface area contributed by atoms with Gasteiger partial charge in [-0.25, -0.2) is 0 Å². The molecule has 3 heteroatoms. The molecule has 3 nitrogen and oxygen atoms in total.